The molecule has 2 aromatic rings. The van der Waals surface area contributed by atoms with Crippen molar-refractivity contribution in [3.8, 4) is 0 Å². The molecule has 0 saturated carbocycles. The second-order valence-electron chi connectivity index (χ2n) is 3.71. The van der Waals surface area contributed by atoms with Gasteiger partial charge in [0.2, 0.25) is 0 Å². The second kappa shape index (κ2) is 5.60. The van der Waals surface area contributed by atoms with Crippen LogP contribution in [0.5, 0.6) is 0 Å². The maximum Gasteiger partial charge on any atom is 0.129 e. The number of hydrogen-bond acceptors (Lipinski definition) is 3. The van der Waals surface area contributed by atoms with Crippen molar-refractivity contribution in [2.45, 2.75) is 11.9 Å². The Labute approximate surface area is 112 Å². The molecule has 90 valence electrons. The van der Waals surface area contributed by atoms with Crippen molar-refractivity contribution in [1.29, 1.82) is 0 Å². The third-order valence-electron chi connectivity index (χ3n) is 2.52. The Morgan fingerprint density at radius 3 is 2.94 bits per heavy atom. The van der Waals surface area contributed by atoms with Crippen molar-refractivity contribution in [3.05, 3.63) is 46.2 Å². The van der Waals surface area contributed by atoms with E-state index in [0.29, 0.717) is 17.4 Å². The van der Waals surface area contributed by atoms with Crippen molar-refractivity contribution in [2.24, 2.45) is 0 Å². The van der Waals surface area contributed by atoms with Crippen LogP contribution < -0.4 is 4.90 Å². The fourth-order valence-corrected chi connectivity index (χ4v) is 2.79. The average Bonchev–Trinajstić information content (AvgIpc) is 2.81. The highest BCUT2D eigenvalue weighted by atomic mass is 79.9. The van der Waals surface area contributed by atoms with Gasteiger partial charge in [-0.2, -0.15) is 0 Å². The molecule has 0 aliphatic heterocycles. The molecule has 0 bridgehead atoms. The molecule has 17 heavy (non-hydrogen) atoms. The van der Waals surface area contributed by atoms with Gasteiger partial charge in [-0.3, -0.25) is 0 Å². The summed E-state index contributed by atoms with van der Waals surface area (Å²) >= 11 is 4.89. The van der Waals surface area contributed by atoms with E-state index >= 15 is 0 Å². The Morgan fingerprint density at radius 2 is 2.29 bits per heavy atom. The number of rotatable bonds is 4. The summed E-state index contributed by atoms with van der Waals surface area (Å²) in [6.07, 6.45) is 0. The monoisotopic (exact) mass is 314 g/mol. The summed E-state index contributed by atoms with van der Waals surface area (Å²) in [5, 5.41) is 2.51. The van der Waals surface area contributed by atoms with E-state index in [0.717, 1.165) is 11.4 Å². The molecule has 2 nitrogen and oxygen atoms in total. The van der Waals surface area contributed by atoms with Crippen LogP contribution >= 0.6 is 27.3 Å². The first-order valence-electron chi connectivity index (χ1n) is 5.14. The number of thiazole rings is 1. The Hall–Kier alpha value is -0.940. The maximum absolute atomic E-state index is 13.6. The first-order chi connectivity index (χ1) is 8.22. The minimum Gasteiger partial charge on any atom is -0.368 e. The van der Waals surface area contributed by atoms with Gasteiger partial charge in [-0.15, -0.1) is 11.3 Å². The number of aromatic nitrogens is 1. The Kier molecular flexibility index (Phi) is 4.12. The topological polar surface area (TPSA) is 16.1 Å². The van der Waals surface area contributed by atoms with Crippen molar-refractivity contribution in [1.82, 2.24) is 4.98 Å². The minimum atomic E-state index is -0.176. The standard InChI is InChI=1S/C12H12BrFN2S/c1-16(6-9-7-17-8-15-9)12-4-2-3-11(14)10(12)5-13/h2-4,7-8H,5-6H2,1H3. The van der Waals surface area contributed by atoms with E-state index in [2.05, 4.69) is 20.9 Å². The van der Waals surface area contributed by atoms with Gasteiger partial charge in [-0.25, -0.2) is 9.37 Å². The van der Waals surface area contributed by atoms with Gasteiger partial charge >= 0.3 is 0 Å². The van der Waals surface area contributed by atoms with E-state index in [1.165, 1.54) is 6.07 Å². The molecule has 0 amide bonds. The first-order valence-corrected chi connectivity index (χ1v) is 7.20. The first kappa shape index (κ1) is 12.5. The van der Waals surface area contributed by atoms with Crippen LogP contribution in [0.1, 0.15) is 11.3 Å². The van der Waals surface area contributed by atoms with Gasteiger partial charge in [0.25, 0.3) is 0 Å². The summed E-state index contributed by atoms with van der Waals surface area (Å²) in [6, 6.07) is 5.14. The maximum atomic E-state index is 13.6. The van der Waals surface area contributed by atoms with E-state index in [9.17, 15) is 4.39 Å². The van der Waals surface area contributed by atoms with Crippen molar-refractivity contribution >= 4 is 33.0 Å². The highest BCUT2D eigenvalue weighted by Crippen LogP contribution is 2.25. The molecule has 0 unspecified atom stereocenters. The van der Waals surface area contributed by atoms with Gasteiger partial charge < -0.3 is 4.90 Å². The molecule has 0 radical (unpaired) electrons. The molecule has 0 aliphatic carbocycles. The Balaban J connectivity index is 2.24. The molecule has 1 heterocycles. The summed E-state index contributed by atoms with van der Waals surface area (Å²) in [5.41, 5.74) is 4.39. The van der Waals surface area contributed by atoms with E-state index < -0.39 is 0 Å². The summed E-state index contributed by atoms with van der Waals surface area (Å²) < 4.78 is 13.6. The zero-order valence-corrected chi connectivity index (χ0v) is 11.8. The summed E-state index contributed by atoms with van der Waals surface area (Å²) in [4.78, 5) is 6.24. The van der Waals surface area contributed by atoms with Crippen LogP contribution in [0.25, 0.3) is 0 Å². The fourth-order valence-electron chi connectivity index (χ4n) is 1.68. The average molecular weight is 315 g/mol. The lowest BCUT2D eigenvalue weighted by atomic mass is 10.1. The number of anilines is 1. The molecular weight excluding hydrogens is 303 g/mol. The third kappa shape index (κ3) is 2.84. The molecule has 0 fully saturated rings. The lowest BCUT2D eigenvalue weighted by Gasteiger charge is -2.21. The Morgan fingerprint density at radius 1 is 1.47 bits per heavy atom. The van der Waals surface area contributed by atoms with Gasteiger partial charge in [-0.1, -0.05) is 22.0 Å². The number of benzene rings is 1. The highest BCUT2D eigenvalue weighted by molar-refractivity contribution is 9.08. The zero-order chi connectivity index (χ0) is 12.3. The molecule has 0 atom stereocenters. The van der Waals surface area contributed by atoms with Crippen LogP contribution in [0, 0.1) is 5.82 Å². The van der Waals surface area contributed by atoms with E-state index in [-0.39, 0.29) is 5.82 Å². The molecule has 2 rings (SSSR count). The number of hydrogen-bond donors (Lipinski definition) is 0. The van der Waals surface area contributed by atoms with E-state index in [1.54, 1.807) is 22.9 Å². The molecule has 0 spiro atoms. The van der Waals surface area contributed by atoms with Crippen LogP contribution in [-0.4, -0.2) is 12.0 Å². The molecule has 0 N–H and O–H groups in total. The molecule has 0 saturated heterocycles. The van der Waals surface area contributed by atoms with Gasteiger partial charge in [-0.05, 0) is 12.1 Å². The van der Waals surface area contributed by atoms with E-state index in [4.69, 9.17) is 0 Å². The van der Waals surface area contributed by atoms with Crippen LogP contribution in [0.15, 0.2) is 29.1 Å². The number of alkyl halides is 1. The lowest BCUT2D eigenvalue weighted by molar-refractivity contribution is 0.616. The van der Waals surface area contributed by atoms with Crippen LogP contribution in [0.2, 0.25) is 0 Å². The van der Waals surface area contributed by atoms with Gasteiger partial charge in [0, 0.05) is 29.0 Å². The predicted molar refractivity (Wildman–Crippen MR) is 73.3 cm³/mol. The van der Waals surface area contributed by atoms with Crippen molar-refractivity contribution in [2.75, 3.05) is 11.9 Å². The molecule has 1 aromatic carbocycles. The SMILES string of the molecule is CN(Cc1cscn1)c1cccc(F)c1CBr. The predicted octanol–water partition coefficient (Wildman–Crippen LogP) is 3.81. The minimum absolute atomic E-state index is 0.176. The van der Waals surface area contributed by atoms with Gasteiger partial charge in [0.05, 0.1) is 17.7 Å². The molecule has 0 aliphatic rings. The quantitative estimate of drug-likeness (QED) is 0.798. The number of halogens is 2. The third-order valence-corrected chi connectivity index (χ3v) is 3.72. The normalized spacial score (nSPS) is 10.5. The fraction of sp³-hybridized carbons (Fsp3) is 0.250. The smallest absolute Gasteiger partial charge is 0.129 e. The van der Waals surface area contributed by atoms with E-state index in [1.807, 2.05) is 23.4 Å². The summed E-state index contributed by atoms with van der Waals surface area (Å²) in [5.74, 6) is -0.176. The summed E-state index contributed by atoms with van der Waals surface area (Å²) in [6.45, 7) is 0.687. The lowest BCUT2D eigenvalue weighted by Crippen LogP contribution is -2.18. The van der Waals surface area contributed by atoms with Crippen LogP contribution in [0.4, 0.5) is 10.1 Å². The van der Waals surface area contributed by atoms with Gasteiger partial charge in [0.1, 0.15) is 5.82 Å². The van der Waals surface area contributed by atoms with Gasteiger partial charge in [0.15, 0.2) is 0 Å². The largest absolute Gasteiger partial charge is 0.368 e. The van der Waals surface area contributed by atoms with Crippen LogP contribution in [0.3, 0.4) is 0 Å². The molecule has 1 aromatic heterocycles. The zero-order valence-electron chi connectivity index (χ0n) is 9.36. The van der Waals surface area contributed by atoms with Crippen LogP contribution in [-0.2, 0) is 11.9 Å². The highest BCUT2D eigenvalue weighted by Gasteiger charge is 2.11. The summed E-state index contributed by atoms with van der Waals surface area (Å²) in [7, 11) is 1.94. The van der Waals surface area contributed by atoms with Crippen molar-refractivity contribution in [3.63, 3.8) is 0 Å². The second-order valence-corrected chi connectivity index (χ2v) is 4.99. The van der Waals surface area contributed by atoms with Crippen molar-refractivity contribution < 1.29 is 4.39 Å². The molecular formula is C12H12BrFN2S. The number of nitrogens with zero attached hydrogens (tertiary/aromatic N) is 2. The Bertz CT molecular complexity index is 487. The molecule has 5 heteroatoms.